The second-order valence-electron chi connectivity index (χ2n) is 8.10. The smallest absolute Gasteiger partial charge is 0.195 e. The van der Waals surface area contributed by atoms with Gasteiger partial charge in [0.2, 0.25) is 0 Å². The van der Waals surface area contributed by atoms with E-state index in [1.54, 1.807) is 6.08 Å². The first-order valence-electron chi connectivity index (χ1n) is 8.33. The highest BCUT2D eigenvalue weighted by Gasteiger charge is 2.83. The Morgan fingerprint density at radius 2 is 1.79 bits per heavy atom. The lowest BCUT2D eigenvalue weighted by atomic mass is 9.38. The number of aliphatic hydroxyl groups excluding tert-OH is 2. The van der Waals surface area contributed by atoms with Gasteiger partial charge in [-0.15, -0.1) is 0 Å². The zero-order valence-electron chi connectivity index (χ0n) is 13.7. The molecule has 0 aromatic carbocycles. The van der Waals surface area contributed by atoms with Crippen molar-refractivity contribution in [2.45, 2.75) is 25.0 Å². The van der Waals surface area contributed by atoms with Crippen LogP contribution in [0.3, 0.4) is 0 Å². The van der Waals surface area contributed by atoms with Gasteiger partial charge in [0, 0.05) is 22.8 Å². The van der Waals surface area contributed by atoms with E-state index in [2.05, 4.69) is 0 Å². The van der Waals surface area contributed by atoms with Gasteiger partial charge in [-0.3, -0.25) is 9.59 Å². The SMILES string of the molecule is CC1=CC2(CO)C(=O)[C@]3(CO3)C1C1C2(C)C=C(CO)C(=O)[C@]12CO2. The first-order valence-corrected chi connectivity index (χ1v) is 8.33. The van der Waals surface area contributed by atoms with Crippen LogP contribution in [-0.2, 0) is 19.1 Å². The van der Waals surface area contributed by atoms with Crippen LogP contribution in [0.25, 0.3) is 0 Å². The van der Waals surface area contributed by atoms with E-state index in [1.165, 1.54) is 0 Å². The van der Waals surface area contributed by atoms with Crippen molar-refractivity contribution in [3.63, 3.8) is 0 Å². The molecule has 2 aliphatic heterocycles. The molecule has 6 heteroatoms. The lowest BCUT2D eigenvalue weighted by molar-refractivity contribution is -0.169. The topological polar surface area (TPSA) is 99.7 Å². The van der Waals surface area contributed by atoms with E-state index in [1.807, 2.05) is 19.9 Å². The van der Waals surface area contributed by atoms with E-state index in [-0.39, 0.29) is 35.6 Å². The third-order valence-corrected chi connectivity index (χ3v) is 7.18. The monoisotopic (exact) mass is 332 g/mol. The molecule has 1 saturated carbocycles. The molecule has 0 aromatic rings. The van der Waals surface area contributed by atoms with Gasteiger partial charge in [0.05, 0.1) is 31.8 Å². The van der Waals surface area contributed by atoms with Gasteiger partial charge < -0.3 is 19.7 Å². The minimum atomic E-state index is -1.15. The Morgan fingerprint density at radius 1 is 1.17 bits per heavy atom. The van der Waals surface area contributed by atoms with Crippen LogP contribution in [0.4, 0.5) is 0 Å². The highest BCUT2D eigenvalue weighted by molar-refractivity contribution is 6.08. The zero-order chi connectivity index (χ0) is 17.1. The molecule has 0 radical (unpaired) electrons. The number of allylic oxidation sites excluding steroid dienone is 1. The van der Waals surface area contributed by atoms with E-state index in [0.717, 1.165) is 5.57 Å². The number of Topliss-reactive ketones (excluding diaryl/α,β-unsaturated/α-hetero) is 2. The first-order chi connectivity index (χ1) is 11.3. The third-order valence-electron chi connectivity index (χ3n) is 7.18. The van der Waals surface area contributed by atoms with Crippen LogP contribution in [0.2, 0.25) is 0 Å². The predicted octanol–water partition coefficient (Wildman–Crippen LogP) is -0.214. The average molecular weight is 332 g/mol. The number of carbonyl (C=O) groups is 2. The van der Waals surface area contributed by atoms with Gasteiger partial charge in [-0.2, -0.15) is 0 Å². The van der Waals surface area contributed by atoms with E-state index < -0.39 is 28.6 Å². The van der Waals surface area contributed by atoms with Crippen molar-refractivity contribution in [2.24, 2.45) is 22.7 Å². The quantitative estimate of drug-likeness (QED) is 0.536. The van der Waals surface area contributed by atoms with Crippen LogP contribution in [0.5, 0.6) is 0 Å². The fourth-order valence-corrected chi connectivity index (χ4v) is 5.98. The summed E-state index contributed by atoms with van der Waals surface area (Å²) >= 11 is 0. The Morgan fingerprint density at radius 3 is 2.29 bits per heavy atom. The van der Waals surface area contributed by atoms with Crippen molar-refractivity contribution in [2.75, 3.05) is 26.4 Å². The maximum Gasteiger partial charge on any atom is 0.195 e. The summed E-state index contributed by atoms with van der Waals surface area (Å²) in [6, 6.07) is 0. The maximum absolute atomic E-state index is 13.3. The van der Waals surface area contributed by atoms with E-state index >= 15 is 0 Å². The molecular weight excluding hydrogens is 312 g/mol. The first kappa shape index (κ1) is 15.0. The number of epoxide rings is 2. The van der Waals surface area contributed by atoms with E-state index in [9.17, 15) is 19.8 Å². The Bertz CT molecular complexity index is 755. The van der Waals surface area contributed by atoms with Gasteiger partial charge in [-0.05, 0) is 6.92 Å². The molecule has 0 amide bonds. The number of carbonyl (C=O) groups excluding carboxylic acids is 2. The van der Waals surface area contributed by atoms with Crippen molar-refractivity contribution in [3.05, 3.63) is 23.3 Å². The molecule has 2 saturated heterocycles. The number of rotatable bonds is 2. The van der Waals surface area contributed by atoms with Crippen molar-refractivity contribution >= 4 is 11.6 Å². The second kappa shape index (κ2) is 3.90. The molecule has 0 aromatic heterocycles. The van der Waals surface area contributed by atoms with Crippen LogP contribution < -0.4 is 0 Å². The van der Waals surface area contributed by atoms with Crippen molar-refractivity contribution < 1.29 is 29.3 Å². The molecule has 6 nitrogen and oxygen atoms in total. The number of ketones is 2. The summed E-state index contributed by atoms with van der Waals surface area (Å²) in [4.78, 5) is 26.2. The van der Waals surface area contributed by atoms with Crippen LogP contribution in [0.15, 0.2) is 23.3 Å². The highest BCUT2D eigenvalue weighted by atomic mass is 16.6. The summed E-state index contributed by atoms with van der Waals surface area (Å²) in [5.74, 6) is -0.800. The molecule has 2 spiro atoms. The Balaban J connectivity index is 1.84. The molecule has 2 bridgehead atoms. The normalized spacial score (nSPS) is 54.0. The lowest BCUT2D eigenvalue weighted by Crippen LogP contribution is -2.72. The highest BCUT2D eigenvalue weighted by Crippen LogP contribution is 2.73. The zero-order valence-corrected chi connectivity index (χ0v) is 13.7. The molecule has 6 atom stereocenters. The molecule has 4 unspecified atom stereocenters. The average Bonchev–Trinajstić information content (AvgIpc) is 3.45. The Kier molecular flexibility index (Phi) is 2.43. The van der Waals surface area contributed by atoms with Gasteiger partial charge in [0.15, 0.2) is 22.8 Å². The minimum absolute atomic E-state index is 0.106. The summed E-state index contributed by atoms with van der Waals surface area (Å²) in [6.45, 7) is 3.72. The molecule has 128 valence electrons. The van der Waals surface area contributed by atoms with Gasteiger partial charge in [0.1, 0.15) is 0 Å². The fourth-order valence-electron chi connectivity index (χ4n) is 5.98. The molecule has 6 aliphatic rings. The number of ether oxygens (including phenoxy) is 2. The number of hydrogen-bond donors (Lipinski definition) is 2. The van der Waals surface area contributed by atoms with Gasteiger partial charge in [-0.1, -0.05) is 24.6 Å². The molecule has 4 aliphatic carbocycles. The minimum Gasteiger partial charge on any atom is -0.395 e. The van der Waals surface area contributed by atoms with Crippen LogP contribution >= 0.6 is 0 Å². The Hall–Kier alpha value is -1.34. The summed E-state index contributed by atoms with van der Waals surface area (Å²) in [5.41, 5.74) is -2.60. The van der Waals surface area contributed by atoms with E-state index in [0.29, 0.717) is 13.2 Å². The van der Waals surface area contributed by atoms with Crippen molar-refractivity contribution in [1.82, 2.24) is 0 Å². The predicted molar refractivity (Wildman–Crippen MR) is 80.9 cm³/mol. The van der Waals surface area contributed by atoms with Crippen LogP contribution in [0, 0.1) is 22.7 Å². The molecule has 24 heavy (non-hydrogen) atoms. The van der Waals surface area contributed by atoms with Crippen molar-refractivity contribution in [1.29, 1.82) is 0 Å². The second-order valence-corrected chi connectivity index (χ2v) is 8.10. The molecule has 3 fully saturated rings. The maximum atomic E-state index is 13.3. The lowest BCUT2D eigenvalue weighted by Gasteiger charge is -2.63. The fraction of sp³-hybridized carbons (Fsp3) is 0.667. The van der Waals surface area contributed by atoms with Gasteiger partial charge in [-0.25, -0.2) is 0 Å². The summed E-state index contributed by atoms with van der Waals surface area (Å²) in [6.07, 6.45) is 3.58. The summed E-state index contributed by atoms with van der Waals surface area (Å²) in [5, 5.41) is 19.9. The Labute approximate surface area is 139 Å². The van der Waals surface area contributed by atoms with E-state index in [4.69, 9.17) is 9.47 Å². The summed E-state index contributed by atoms with van der Waals surface area (Å²) in [7, 11) is 0. The molecule has 6 rings (SSSR count). The number of aliphatic hydroxyl groups is 2. The van der Waals surface area contributed by atoms with Crippen LogP contribution in [0.1, 0.15) is 13.8 Å². The molecule has 2 heterocycles. The van der Waals surface area contributed by atoms with Crippen LogP contribution in [-0.4, -0.2) is 59.4 Å². The van der Waals surface area contributed by atoms with Crippen molar-refractivity contribution in [3.8, 4) is 0 Å². The largest absolute Gasteiger partial charge is 0.395 e. The van der Waals surface area contributed by atoms with Gasteiger partial charge >= 0.3 is 0 Å². The standard InChI is InChI=1S/C18H20O6/c1-9-3-16(6-20)14(22)17(7-23-17)11(9)12-15(16,2)4-10(5-19)13(21)18(12)8-24-18/h3-4,11-12,19-20H,5-8H2,1-2H3/t11?,12?,15?,16?,17-,18-/m0/s1. The molecule has 2 N–H and O–H groups in total. The third kappa shape index (κ3) is 1.23. The number of hydrogen-bond acceptors (Lipinski definition) is 6. The molecular formula is C18H20O6. The summed E-state index contributed by atoms with van der Waals surface area (Å²) < 4.78 is 11.3. The van der Waals surface area contributed by atoms with Gasteiger partial charge in [0.25, 0.3) is 0 Å².